The van der Waals surface area contributed by atoms with Gasteiger partial charge in [0.05, 0.1) is 5.60 Å². The molecule has 1 saturated heterocycles. The summed E-state index contributed by atoms with van der Waals surface area (Å²) in [6.45, 7) is 8.73. The summed E-state index contributed by atoms with van der Waals surface area (Å²) in [4.78, 5) is 0. The van der Waals surface area contributed by atoms with Crippen LogP contribution in [0.15, 0.2) is 0 Å². The van der Waals surface area contributed by atoms with Crippen LogP contribution in [0.1, 0.15) is 47.0 Å². The molecule has 0 radical (unpaired) electrons. The minimum Gasteiger partial charge on any atom is -0.368 e. The molecule has 1 N–H and O–H groups in total. The summed E-state index contributed by atoms with van der Waals surface area (Å²) in [6.07, 6.45) is 2.28. The van der Waals surface area contributed by atoms with Crippen LogP contribution in [0.25, 0.3) is 0 Å². The van der Waals surface area contributed by atoms with Crippen LogP contribution in [0.2, 0.25) is 0 Å². The standard InChI is InChI=1S/C11H22O2/c1-5-11(6-2)9(8(3)4)7-10(12)13-11/h8-10,12H,5-7H2,1-4H3. The van der Waals surface area contributed by atoms with Gasteiger partial charge in [-0.05, 0) is 24.7 Å². The highest BCUT2D eigenvalue weighted by Crippen LogP contribution is 2.44. The molecule has 13 heavy (non-hydrogen) atoms. The molecule has 1 heterocycles. The predicted octanol–water partition coefficient (Wildman–Crippen LogP) is 2.56. The van der Waals surface area contributed by atoms with Crippen molar-refractivity contribution in [1.29, 1.82) is 0 Å². The maximum atomic E-state index is 9.52. The van der Waals surface area contributed by atoms with Crippen molar-refractivity contribution in [3.05, 3.63) is 0 Å². The van der Waals surface area contributed by atoms with E-state index in [-0.39, 0.29) is 5.60 Å². The molecule has 2 heteroatoms. The van der Waals surface area contributed by atoms with Crippen molar-refractivity contribution >= 4 is 0 Å². The Morgan fingerprint density at radius 1 is 1.38 bits per heavy atom. The first-order valence-electron chi connectivity index (χ1n) is 5.41. The lowest BCUT2D eigenvalue weighted by Crippen LogP contribution is -2.36. The van der Waals surface area contributed by atoms with Crippen molar-refractivity contribution < 1.29 is 9.84 Å². The Morgan fingerprint density at radius 3 is 2.23 bits per heavy atom. The maximum Gasteiger partial charge on any atom is 0.155 e. The minimum absolute atomic E-state index is 0.0619. The SMILES string of the molecule is CCC1(CC)OC(O)CC1C(C)C. The normalized spacial score (nSPS) is 32.8. The second-order valence-corrected chi connectivity index (χ2v) is 4.43. The number of hydrogen-bond donors (Lipinski definition) is 1. The average molecular weight is 186 g/mol. The molecule has 0 bridgehead atoms. The Balaban J connectivity index is 2.80. The van der Waals surface area contributed by atoms with E-state index in [1.165, 1.54) is 0 Å². The Kier molecular flexibility index (Phi) is 3.36. The molecule has 0 aromatic carbocycles. The fourth-order valence-electron chi connectivity index (χ4n) is 2.66. The minimum atomic E-state index is -0.535. The zero-order valence-electron chi connectivity index (χ0n) is 9.21. The van der Waals surface area contributed by atoms with Crippen molar-refractivity contribution in [2.75, 3.05) is 0 Å². The lowest BCUT2D eigenvalue weighted by Gasteiger charge is -2.34. The van der Waals surface area contributed by atoms with Gasteiger partial charge in [0.1, 0.15) is 0 Å². The molecule has 1 rings (SSSR count). The molecule has 1 aliphatic rings. The first kappa shape index (κ1) is 11.0. The first-order valence-corrected chi connectivity index (χ1v) is 5.41. The van der Waals surface area contributed by atoms with Crippen molar-refractivity contribution in [1.82, 2.24) is 0 Å². The zero-order valence-corrected chi connectivity index (χ0v) is 9.21. The van der Waals surface area contributed by atoms with E-state index < -0.39 is 6.29 Å². The lowest BCUT2D eigenvalue weighted by molar-refractivity contribution is -0.148. The average Bonchev–Trinajstić information content (AvgIpc) is 2.43. The van der Waals surface area contributed by atoms with Gasteiger partial charge in [0, 0.05) is 6.42 Å². The van der Waals surface area contributed by atoms with Crippen molar-refractivity contribution in [2.24, 2.45) is 11.8 Å². The third-order valence-corrected chi connectivity index (χ3v) is 3.50. The molecule has 1 aliphatic heterocycles. The Bertz CT molecular complexity index is 161. The van der Waals surface area contributed by atoms with Crippen LogP contribution in [0.3, 0.4) is 0 Å². The molecule has 78 valence electrons. The van der Waals surface area contributed by atoms with E-state index in [0.717, 1.165) is 19.3 Å². The molecular formula is C11H22O2. The van der Waals surface area contributed by atoms with Gasteiger partial charge < -0.3 is 9.84 Å². The van der Waals surface area contributed by atoms with Crippen molar-refractivity contribution in [3.63, 3.8) is 0 Å². The van der Waals surface area contributed by atoms with E-state index in [1.807, 2.05) is 0 Å². The molecule has 0 saturated carbocycles. The number of aliphatic hydroxyl groups is 1. The topological polar surface area (TPSA) is 29.5 Å². The molecule has 0 amide bonds. The van der Waals surface area contributed by atoms with Gasteiger partial charge in [0.25, 0.3) is 0 Å². The van der Waals surface area contributed by atoms with Crippen LogP contribution >= 0.6 is 0 Å². The van der Waals surface area contributed by atoms with Gasteiger partial charge in [0.2, 0.25) is 0 Å². The second-order valence-electron chi connectivity index (χ2n) is 4.43. The van der Waals surface area contributed by atoms with Gasteiger partial charge >= 0.3 is 0 Å². The van der Waals surface area contributed by atoms with E-state index in [0.29, 0.717) is 11.8 Å². The smallest absolute Gasteiger partial charge is 0.155 e. The monoisotopic (exact) mass is 186 g/mol. The summed E-state index contributed by atoms with van der Waals surface area (Å²) in [5.74, 6) is 1.11. The van der Waals surface area contributed by atoms with E-state index in [4.69, 9.17) is 4.74 Å². The highest BCUT2D eigenvalue weighted by molar-refractivity contribution is 4.93. The lowest BCUT2D eigenvalue weighted by atomic mass is 9.76. The fourth-order valence-corrected chi connectivity index (χ4v) is 2.66. The van der Waals surface area contributed by atoms with Gasteiger partial charge in [-0.15, -0.1) is 0 Å². The van der Waals surface area contributed by atoms with E-state index in [9.17, 15) is 5.11 Å². The van der Waals surface area contributed by atoms with E-state index in [2.05, 4.69) is 27.7 Å². The Hall–Kier alpha value is -0.0800. The van der Waals surface area contributed by atoms with Crippen LogP contribution in [-0.2, 0) is 4.74 Å². The van der Waals surface area contributed by atoms with Gasteiger partial charge in [-0.3, -0.25) is 0 Å². The number of aliphatic hydroxyl groups excluding tert-OH is 1. The Labute approximate surface area is 81.3 Å². The van der Waals surface area contributed by atoms with Gasteiger partial charge in [-0.1, -0.05) is 27.7 Å². The van der Waals surface area contributed by atoms with E-state index in [1.54, 1.807) is 0 Å². The molecule has 1 fully saturated rings. The van der Waals surface area contributed by atoms with Gasteiger partial charge in [0.15, 0.2) is 6.29 Å². The van der Waals surface area contributed by atoms with Crippen LogP contribution in [0.5, 0.6) is 0 Å². The fraction of sp³-hybridized carbons (Fsp3) is 1.00. The maximum absolute atomic E-state index is 9.52. The number of ether oxygens (including phenoxy) is 1. The summed E-state index contributed by atoms with van der Waals surface area (Å²) < 4.78 is 5.68. The summed E-state index contributed by atoms with van der Waals surface area (Å²) in [6, 6.07) is 0. The first-order chi connectivity index (χ1) is 6.05. The second kappa shape index (κ2) is 3.97. The molecule has 2 nitrogen and oxygen atoms in total. The van der Waals surface area contributed by atoms with Gasteiger partial charge in [-0.25, -0.2) is 0 Å². The molecule has 0 aromatic rings. The van der Waals surface area contributed by atoms with Crippen molar-refractivity contribution in [2.45, 2.75) is 58.8 Å². The van der Waals surface area contributed by atoms with Crippen LogP contribution in [0.4, 0.5) is 0 Å². The molecular weight excluding hydrogens is 164 g/mol. The van der Waals surface area contributed by atoms with Crippen molar-refractivity contribution in [3.8, 4) is 0 Å². The van der Waals surface area contributed by atoms with Gasteiger partial charge in [-0.2, -0.15) is 0 Å². The molecule has 0 aliphatic carbocycles. The van der Waals surface area contributed by atoms with E-state index >= 15 is 0 Å². The summed E-state index contributed by atoms with van der Waals surface area (Å²) in [7, 11) is 0. The summed E-state index contributed by atoms with van der Waals surface area (Å²) in [5.41, 5.74) is -0.0619. The molecule has 2 unspecified atom stereocenters. The highest BCUT2D eigenvalue weighted by Gasteiger charge is 2.46. The summed E-state index contributed by atoms with van der Waals surface area (Å²) >= 11 is 0. The predicted molar refractivity (Wildman–Crippen MR) is 53.3 cm³/mol. The number of rotatable bonds is 3. The van der Waals surface area contributed by atoms with Crippen LogP contribution in [-0.4, -0.2) is 17.0 Å². The third kappa shape index (κ3) is 1.89. The van der Waals surface area contributed by atoms with Crippen LogP contribution < -0.4 is 0 Å². The zero-order chi connectivity index (χ0) is 10.1. The summed E-state index contributed by atoms with van der Waals surface area (Å²) in [5, 5.41) is 9.52. The highest BCUT2D eigenvalue weighted by atomic mass is 16.6. The third-order valence-electron chi connectivity index (χ3n) is 3.50. The largest absolute Gasteiger partial charge is 0.368 e. The quantitative estimate of drug-likeness (QED) is 0.734. The number of hydrogen-bond acceptors (Lipinski definition) is 2. The molecule has 2 atom stereocenters. The van der Waals surface area contributed by atoms with Crippen LogP contribution in [0, 0.1) is 11.8 Å². The Morgan fingerprint density at radius 2 is 1.92 bits per heavy atom. The molecule has 0 aromatic heterocycles. The molecule has 0 spiro atoms.